The number of hydrogen-bond acceptors (Lipinski definition) is 4. The summed E-state index contributed by atoms with van der Waals surface area (Å²) in [5.74, 6) is 0.539. The second-order valence-corrected chi connectivity index (χ2v) is 6.33. The van der Waals surface area contributed by atoms with Gasteiger partial charge in [-0.3, -0.25) is 4.79 Å². The number of halogens is 1. The summed E-state index contributed by atoms with van der Waals surface area (Å²) < 4.78 is 11.7. The van der Waals surface area contributed by atoms with Gasteiger partial charge in [-0.15, -0.1) is 0 Å². The molecular weight excluding hydrogens is 358 g/mol. The van der Waals surface area contributed by atoms with Crippen LogP contribution in [0.2, 0.25) is 0 Å². The van der Waals surface area contributed by atoms with Crippen LogP contribution >= 0.6 is 15.9 Å². The minimum absolute atomic E-state index is 0.0435. The van der Waals surface area contributed by atoms with Gasteiger partial charge in [0.05, 0.1) is 11.6 Å². The molecule has 0 aliphatic carbocycles. The molecule has 1 aliphatic heterocycles. The number of esters is 1. The van der Waals surface area contributed by atoms with Crippen LogP contribution in [0, 0.1) is 0 Å². The average molecular weight is 376 g/mol. The fourth-order valence-corrected chi connectivity index (χ4v) is 3.17. The highest BCUT2D eigenvalue weighted by Gasteiger charge is 2.31. The summed E-state index contributed by atoms with van der Waals surface area (Å²) in [4.78, 5) is 11.5. The molecule has 0 unspecified atom stereocenters. The molecule has 1 aliphatic rings. The zero-order valence-electron chi connectivity index (χ0n) is 12.8. The Bertz CT molecular complexity index is 690. The van der Waals surface area contributed by atoms with Crippen molar-refractivity contribution in [2.24, 2.45) is 0 Å². The SMILES string of the molecule is COC(=O)[C@@H]1C[C@H](Oc2ccc(-c3ccccc3)cc2Br)CN1. The highest BCUT2D eigenvalue weighted by atomic mass is 79.9. The third-order valence-corrected chi connectivity index (χ3v) is 4.53. The van der Waals surface area contributed by atoms with Crippen LogP contribution in [0.4, 0.5) is 0 Å². The van der Waals surface area contributed by atoms with E-state index in [0.29, 0.717) is 13.0 Å². The molecule has 0 amide bonds. The molecular formula is C18H18BrNO3. The maximum absolute atomic E-state index is 11.5. The number of nitrogens with one attached hydrogen (secondary N) is 1. The molecule has 3 rings (SSSR count). The monoisotopic (exact) mass is 375 g/mol. The number of ether oxygens (including phenoxy) is 2. The summed E-state index contributed by atoms with van der Waals surface area (Å²) in [5, 5.41) is 3.12. The van der Waals surface area contributed by atoms with Crippen molar-refractivity contribution in [3.63, 3.8) is 0 Å². The third-order valence-electron chi connectivity index (χ3n) is 3.91. The van der Waals surface area contributed by atoms with Gasteiger partial charge in [-0.1, -0.05) is 36.4 Å². The van der Waals surface area contributed by atoms with E-state index in [1.54, 1.807) is 0 Å². The zero-order valence-corrected chi connectivity index (χ0v) is 14.4. The maximum atomic E-state index is 11.5. The lowest BCUT2D eigenvalue weighted by atomic mass is 10.1. The molecule has 2 atom stereocenters. The van der Waals surface area contributed by atoms with Crippen molar-refractivity contribution >= 4 is 21.9 Å². The van der Waals surface area contributed by atoms with Gasteiger partial charge in [-0.05, 0) is 39.2 Å². The molecule has 0 saturated carbocycles. The van der Waals surface area contributed by atoms with Gasteiger partial charge in [0.2, 0.25) is 0 Å². The number of carbonyl (C=O) groups is 1. The van der Waals surface area contributed by atoms with E-state index < -0.39 is 0 Å². The van der Waals surface area contributed by atoms with Crippen molar-refractivity contribution in [3.05, 3.63) is 53.0 Å². The summed E-state index contributed by atoms with van der Waals surface area (Å²) in [7, 11) is 1.40. The first-order valence-electron chi connectivity index (χ1n) is 7.50. The van der Waals surface area contributed by atoms with E-state index >= 15 is 0 Å². The Morgan fingerprint density at radius 2 is 1.96 bits per heavy atom. The maximum Gasteiger partial charge on any atom is 0.323 e. The Balaban J connectivity index is 1.69. The van der Waals surface area contributed by atoms with E-state index in [9.17, 15) is 4.79 Å². The Morgan fingerprint density at radius 3 is 2.65 bits per heavy atom. The quantitative estimate of drug-likeness (QED) is 0.831. The highest BCUT2D eigenvalue weighted by Crippen LogP contribution is 2.32. The molecule has 0 bridgehead atoms. The lowest BCUT2D eigenvalue weighted by molar-refractivity contribution is -0.142. The number of rotatable bonds is 4. The summed E-state index contributed by atoms with van der Waals surface area (Å²) in [6.45, 7) is 0.632. The predicted molar refractivity (Wildman–Crippen MR) is 92.4 cm³/mol. The molecule has 120 valence electrons. The van der Waals surface area contributed by atoms with Crippen molar-refractivity contribution in [2.75, 3.05) is 13.7 Å². The van der Waals surface area contributed by atoms with Gasteiger partial charge in [-0.2, -0.15) is 0 Å². The Morgan fingerprint density at radius 1 is 1.17 bits per heavy atom. The van der Waals surface area contributed by atoms with Crippen LogP contribution in [0.5, 0.6) is 5.75 Å². The molecule has 2 aromatic rings. The van der Waals surface area contributed by atoms with Crippen LogP contribution in [-0.2, 0) is 9.53 Å². The van der Waals surface area contributed by atoms with Gasteiger partial charge < -0.3 is 14.8 Å². The van der Waals surface area contributed by atoms with Crippen LogP contribution in [0.3, 0.4) is 0 Å². The van der Waals surface area contributed by atoms with Crippen molar-refractivity contribution < 1.29 is 14.3 Å². The van der Waals surface area contributed by atoms with Crippen molar-refractivity contribution in [1.82, 2.24) is 5.32 Å². The number of benzene rings is 2. The topological polar surface area (TPSA) is 47.6 Å². The smallest absolute Gasteiger partial charge is 0.323 e. The van der Waals surface area contributed by atoms with Gasteiger partial charge in [0.1, 0.15) is 17.9 Å². The molecule has 5 heteroatoms. The fourth-order valence-electron chi connectivity index (χ4n) is 2.70. The molecule has 23 heavy (non-hydrogen) atoms. The van der Waals surface area contributed by atoms with E-state index in [-0.39, 0.29) is 18.1 Å². The van der Waals surface area contributed by atoms with Crippen molar-refractivity contribution in [1.29, 1.82) is 0 Å². The number of carbonyl (C=O) groups excluding carboxylic acids is 1. The fraction of sp³-hybridized carbons (Fsp3) is 0.278. The second-order valence-electron chi connectivity index (χ2n) is 5.47. The minimum Gasteiger partial charge on any atom is -0.488 e. The summed E-state index contributed by atoms with van der Waals surface area (Å²) in [6, 6.07) is 15.9. The molecule has 1 fully saturated rings. The van der Waals surface area contributed by atoms with Crippen molar-refractivity contribution in [2.45, 2.75) is 18.6 Å². The van der Waals surface area contributed by atoms with Crippen LogP contribution in [0.15, 0.2) is 53.0 Å². The molecule has 1 saturated heterocycles. The zero-order chi connectivity index (χ0) is 16.2. The van der Waals surface area contributed by atoms with Crippen LogP contribution in [0.1, 0.15) is 6.42 Å². The van der Waals surface area contributed by atoms with Gasteiger partial charge in [0, 0.05) is 13.0 Å². The van der Waals surface area contributed by atoms with Gasteiger partial charge in [-0.25, -0.2) is 0 Å². The normalized spacial score (nSPS) is 20.3. The number of methoxy groups -OCH3 is 1. The minimum atomic E-state index is -0.285. The largest absolute Gasteiger partial charge is 0.488 e. The lowest BCUT2D eigenvalue weighted by Gasteiger charge is -2.15. The molecule has 1 N–H and O–H groups in total. The summed E-state index contributed by atoms with van der Waals surface area (Å²) in [6.07, 6.45) is 0.567. The predicted octanol–water partition coefficient (Wildman–Crippen LogP) is 3.40. The molecule has 2 aromatic carbocycles. The van der Waals surface area contributed by atoms with Gasteiger partial charge in [0.15, 0.2) is 0 Å². The third kappa shape index (κ3) is 3.74. The van der Waals surface area contributed by atoms with Gasteiger partial charge >= 0.3 is 5.97 Å². The van der Waals surface area contributed by atoms with Crippen LogP contribution in [-0.4, -0.2) is 31.8 Å². The van der Waals surface area contributed by atoms with E-state index in [4.69, 9.17) is 9.47 Å². The molecule has 0 radical (unpaired) electrons. The molecule has 1 heterocycles. The molecule has 0 spiro atoms. The summed E-state index contributed by atoms with van der Waals surface area (Å²) >= 11 is 3.57. The standard InChI is InChI=1S/C18H18BrNO3/c1-22-18(21)16-10-14(11-20-16)23-17-8-7-13(9-15(17)19)12-5-3-2-4-6-12/h2-9,14,16,20H,10-11H2,1H3/t14-,16-/m0/s1. The number of hydrogen-bond donors (Lipinski definition) is 1. The Kier molecular flexibility index (Phi) is 4.98. The van der Waals surface area contributed by atoms with E-state index in [1.165, 1.54) is 7.11 Å². The first kappa shape index (κ1) is 16.0. The first-order valence-corrected chi connectivity index (χ1v) is 8.29. The average Bonchev–Trinajstić information content (AvgIpc) is 3.05. The van der Waals surface area contributed by atoms with Crippen molar-refractivity contribution in [3.8, 4) is 16.9 Å². The van der Waals surface area contributed by atoms with E-state index in [0.717, 1.165) is 21.3 Å². The van der Waals surface area contributed by atoms with Gasteiger partial charge in [0.25, 0.3) is 0 Å². The van der Waals surface area contributed by atoms with Crippen LogP contribution in [0.25, 0.3) is 11.1 Å². The Hall–Kier alpha value is -1.85. The second kappa shape index (κ2) is 7.15. The molecule has 4 nitrogen and oxygen atoms in total. The summed E-state index contributed by atoms with van der Waals surface area (Å²) in [5.41, 5.74) is 2.29. The first-order chi connectivity index (χ1) is 11.2. The lowest BCUT2D eigenvalue weighted by Crippen LogP contribution is -2.31. The van der Waals surface area contributed by atoms with E-state index in [2.05, 4.69) is 33.4 Å². The van der Waals surface area contributed by atoms with E-state index in [1.807, 2.05) is 36.4 Å². The molecule has 0 aromatic heterocycles. The Labute approximate surface area is 143 Å². The van der Waals surface area contributed by atoms with Crippen LogP contribution < -0.4 is 10.1 Å². The highest BCUT2D eigenvalue weighted by molar-refractivity contribution is 9.10.